The van der Waals surface area contributed by atoms with Crippen LogP contribution in [0.3, 0.4) is 0 Å². The van der Waals surface area contributed by atoms with Crippen molar-refractivity contribution in [2.24, 2.45) is 0 Å². The monoisotopic (exact) mass is 369 g/mol. The standard InChI is InChI=1S/C21H14F3NO2/c22-21(23,24)18-11-20(26)27-19-10-15(8-9-17(18)19)25-12-14-7-6-13-4-2-1-3-5-16(13)14/h1-11,25H,12H2. The van der Waals surface area contributed by atoms with Crippen LogP contribution in [-0.4, -0.2) is 0 Å². The average Bonchev–Trinajstić information content (AvgIpc) is 2.84. The van der Waals surface area contributed by atoms with Gasteiger partial charge in [0.05, 0.1) is 5.56 Å². The van der Waals surface area contributed by atoms with Crippen molar-refractivity contribution in [3.05, 3.63) is 88.3 Å². The summed E-state index contributed by atoms with van der Waals surface area (Å²) in [5.41, 5.74) is 1.72. The van der Waals surface area contributed by atoms with E-state index in [9.17, 15) is 18.0 Å². The van der Waals surface area contributed by atoms with E-state index in [-0.39, 0.29) is 11.0 Å². The van der Waals surface area contributed by atoms with Crippen molar-refractivity contribution >= 4 is 16.7 Å². The Balaban J connectivity index is 1.65. The van der Waals surface area contributed by atoms with Crippen LogP contribution in [0.5, 0.6) is 0 Å². The van der Waals surface area contributed by atoms with Gasteiger partial charge in [0.2, 0.25) is 0 Å². The van der Waals surface area contributed by atoms with Gasteiger partial charge in [0.25, 0.3) is 0 Å². The summed E-state index contributed by atoms with van der Waals surface area (Å²) in [7, 11) is 0. The van der Waals surface area contributed by atoms with Gasteiger partial charge in [-0.15, -0.1) is 0 Å². The highest BCUT2D eigenvalue weighted by Gasteiger charge is 2.33. The molecule has 0 unspecified atom stereocenters. The van der Waals surface area contributed by atoms with Gasteiger partial charge < -0.3 is 9.73 Å². The van der Waals surface area contributed by atoms with E-state index in [0.29, 0.717) is 18.3 Å². The zero-order valence-electron chi connectivity index (χ0n) is 14.0. The second-order valence-electron chi connectivity index (χ2n) is 6.18. The summed E-state index contributed by atoms with van der Waals surface area (Å²) < 4.78 is 44.3. The predicted molar refractivity (Wildman–Crippen MR) is 97.9 cm³/mol. The third-order valence-corrected chi connectivity index (χ3v) is 4.41. The molecule has 136 valence electrons. The maximum Gasteiger partial charge on any atom is 0.417 e. The highest BCUT2D eigenvalue weighted by atomic mass is 19.4. The van der Waals surface area contributed by atoms with Crippen molar-refractivity contribution in [3.8, 4) is 11.1 Å². The maximum atomic E-state index is 13.1. The minimum atomic E-state index is -4.62. The number of rotatable bonds is 3. The summed E-state index contributed by atoms with van der Waals surface area (Å²) in [6.07, 6.45) is -4.62. The first-order chi connectivity index (χ1) is 12.9. The number of benzene rings is 1. The lowest BCUT2D eigenvalue weighted by Gasteiger charge is -2.11. The van der Waals surface area contributed by atoms with Crippen molar-refractivity contribution in [1.29, 1.82) is 0 Å². The fraction of sp³-hybridized carbons (Fsp3) is 0.0952. The molecule has 1 N–H and O–H groups in total. The molecule has 0 saturated heterocycles. The van der Waals surface area contributed by atoms with Gasteiger partial charge in [-0.05, 0) is 28.8 Å². The summed E-state index contributed by atoms with van der Waals surface area (Å²) in [6, 6.07) is 18.7. The number of hydrogen-bond donors (Lipinski definition) is 1. The molecule has 6 heteroatoms. The Morgan fingerprint density at radius 1 is 0.926 bits per heavy atom. The summed E-state index contributed by atoms with van der Waals surface area (Å²) in [5.74, 6) is 0. The third-order valence-electron chi connectivity index (χ3n) is 4.41. The van der Waals surface area contributed by atoms with Gasteiger partial charge in [0.15, 0.2) is 0 Å². The molecule has 0 fully saturated rings. The molecule has 1 heterocycles. The van der Waals surface area contributed by atoms with E-state index >= 15 is 0 Å². The van der Waals surface area contributed by atoms with Crippen LogP contribution in [0.2, 0.25) is 0 Å². The zero-order chi connectivity index (χ0) is 19.0. The fourth-order valence-corrected chi connectivity index (χ4v) is 3.14. The van der Waals surface area contributed by atoms with Crippen LogP contribution >= 0.6 is 0 Å². The first-order valence-electron chi connectivity index (χ1n) is 8.27. The first kappa shape index (κ1) is 17.1. The van der Waals surface area contributed by atoms with Gasteiger partial charge in [-0.2, -0.15) is 13.2 Å². The molecule has 4 rings (SSSR count). The molecule has 0 atom stereocenters. The lowest BCUT2D eigenvalue weighted by Crippen LogP contribution is -2.11. The highest BCUT2D eigenvalue weighted by molar-refractivity contribution is 5.84. The van der Waals surface area contributed by atoms with Gasteiger partial charge in [-0.25, -0.2) is 4.79 Å². The van der Waals surface area contributed by atoms with E-state index in [1.54, 1.807) is 6.07 Å². The highest BCUT2D eigenvalue weighted by Crippen LogP contribution is 2.34. The molecule has 1 aromatic carbocycles. The topological polar surface area (TPSA) is 42.2 Å². The second kappa shape index (κ2) is 6.46. The quantitative estimate of drug-likeness (QED) is 0.483. The van der Waals surface area contributed by atoms with Gasteiger partial charge >= 0.3 is 11.8 Å². The first-order valence-corrected chi connectivity index (χ1v) is 8.27. The summed E-state index contributed by atoms with van der Waals surface area (Å²) in [4.78, 5) is 11.5. The van der Waals surface area contributed by atoms with Crippen LogP contribution in [0.4, 0.5) is 18.9 Å². The van der Waals surface area contributed by atoms with E-state index in [1.807, 2.05) is 42.5 Å². The molecular formula is C21H14F3NO2. The number of halogens is 3. The minimum Gasteiger partial charge on any atom is -0.423 e. The van der Waals surface area contributed by atoms with E-state index in [2.05, 4.69) is 5.32 Å². The minimum absolute atomic E-state index is 0.0985. The Labute approximate surface area is 152 Å². The van der Waals surface area contributed by atoms with Crippen molar-refractivity contribution in [2.45, 2.75) is 12.7 Å². The number of nitrogens with one attached hydrogen (secondary N) is 1. The molecule has 1 aromatic heterocycles. The second-order valence-corrected chi connectivity index (χ2v) is 6.18. The van der Waals surface area contributed by atoms with Crippen LogP contribution in [-0.2, 0) is 12.7 Å². The number of alkyl halides is 3. The summed E-state index contributed by atoms with van der Waals surface area (Å²) in [6.45, 7) is 0.488. The van der Waals surface area contributed by atoms with Crippen molar-refractivity contribution < 1.29 is 17.6 Å². The Morgan fingerprint density at radius 3 is 2.56 bits per heavy atom. The Morgan fingerprint density at radius 2 is 1.74 bits per heavy atom. The average molecular weight is 369 g/mol. The van der Waals surface area contributed by atoms with Gasteiger partial charge in [-0.3, -0.25) is 0 Å². The molecule has 0 aliphatic heterocycles. The zero-order valence-corrected chi connectivity index (χ0v) is 14.0. The third kappa shape index (κ3) is 3.38. The lowest BCUT2D eigenvalue weighted by atomic mass is 10.1. The maximum absolute atomic E-state index is 13.1. The number of fused-ring (bicyclic) bond motifs is 2. The molecule has 0 spiro atoms. The van der Waals surface area contributed by atoms with Crippen LogP contribution in [0.1, 0.15) is 11.1 Å². The molecule has 3 nitrogen and oxygen atoms in total. The largest absolute Gasteiger partial charge is 0.423 e. The molecule has 0 saturated carbocycles. The van der Waals surface area contributed by atoms with E-state index in [4.69, 9.17) is 4.42 Å². The molecule has 0 radical (unpaired) electrons. The molecule has 2 aliphatic rings. The van der Waals surface area contributed by atoms with Crippen LogP contribution in [0.25, 0.3) is 22.1 Å². The molecule has 2 aliphatic carbocycles. The number of hydrogen-bond acceptors (Lipinski definition) is 3. The Hall–Kier alpha value is -3.28. The molecule has 0 amide bonds. The number of anilines is 1. The normalized spacial score (nSPS) is 11.8. The van der Waals surface area contributed by atoms with E-state index < -0.39 is 17.4 Å². The fourth-order valence-electron chi connectivity index (χ4n) is 3.14. The predicted octanol–water partition coefficient (Wildman–Crippen LogP) is 5.53. The van der Waals surface area contributed by atoms with Gasteiger partial charge in [0, 0.05) is 29.8 Å². The lowest BCUT2D eigenvalue weighted by molar-refractivity contribution is -0.136. The van der Waals surface area contributed by atoms with Crippen LogP contribution < -0.4 is 10.9 Å². The van der Waals surface area contributed by atoms with E-state index in [1.165, 1.54) is 12.1 Å². The Bertz CT molecular complexity index is 1150. The molecule has 2 aromatic rings. The van der Waals surface area contributed by atoms with Crippen molar-refractivity contribution in [2.75, 3.05) is 5.32 Å². The molecule has 0 bridgehead atoms. The smallest absolute Gasteiger partial charge is 0.417 e. The summed E-state index contributed by atoms with van der Waals surface area (Å²) >= 11 is 0. The Kier molecular flexibility index (Phi) is 4.11. The van der Waals surface area contributed by atoms with Crippen LogP contribution in [0.15, 0.2) is 75.9 Å². The van der Waals surface area contributed by atoms with Gasteiger partial charge in [-0.1, -0.05) is 42.5 Å². The summed E-state index contributed by atoms with van der Waals surface area (Å²) in [5, 5.41) is 3.04. The van der Waals surface area contributed by atoms with Crippen molar-refractivity contribution in [1.82, 2.24) is 0 Å². The molecule has 27 heavy (non-hydrogen) atoms. The van der Waals surface area contributed by atoms with Crippen LogP contribution in [0, 0.1) is 0 Å². The van der Waals surface area contributed by atoms with Gasteiger partial charge in [0.1, 0.15) is 5.58 Å². The molecular weight excluding hydrogens is 355 g/mol. The SMILES string of the molecule is O=c1cc(C(F)(F)F)c2ccc(NCc3ccc4cccccc3-4)cc2o1. The van der Waals surface area contributed by atoms with Crippen molar-refractivity contribution in [3.63, 3.8) is 0 Å². The van der Waals surface area contributed by atoms with E-state index in [0.717, 1.165) is 16.7 Å².